The van der Waals surface area contributed by atoms with Crippen molar-refractivity contribution in [2.45, 2.75) is 11.2 Å². The van der Waals surface area contributed by atoms with Crippen molar-refractivity contribution >= 4 is 35.0 Å². The number of thioether (sulfide) groups is 1. The number of carbonyl (C=O) groups is 1. The summed E-state index contributed by atoms with van der Waals surface area (Å²) < 4.78 is 44.2. The van der Waals surface area contributed by atoms with E-state index in [9.17, 15) is 23.1 Å². The number of halogens is 4. The van der Waals surface area contributed by atoms with Gasteiger partial charge in [0.1, 0.15) is 0 Å². The predicted octanol–water partition coefficient (Wildman–Crippen LogP) is 1.98. The van der Waals surface area contributed by atoms with Crippen LogP contribution in [0.5, 0.6) is 5.95 Å². The Bertz CT molecular complexity index is 717. The number of aromatic nitrogens is 2. The molecule has 0 unspecified atom stereocenters. The summed E-state index contributed by atoms with van der Waals surface area (Å²) >= 11 is 6.35. The van der Waals surface area contributed by atoms with E-state index in [0.29, 0.717) is 0 Å². The van der Waals surface area contributed by atoms with E-state index in [0.717, 1.165) is 28.6 Å². The molecule has 0 aliphatic rings. The van der Waals surface area contributed by atoms with Crippen molar-refractivity contribution < 1.29 is 32.3 Å². The lowest BCUT2D eigenvalue weighted by atomic mass is 10.1. The first-order valence-electron chi connectivity index (χ1n) is 6.01. The molecule has 0 atom stereocenters. The second kappa shape index (κ2) is 6.67. The Morgan fingerprint density at radius 2 is 2.22 bits per heavy atom. The van der Waals surface area contributed by atoms with Gasteiger partial charge < -0.3 is 14.9 Å². The molecule has 1 heterocycles. The molecule has 0 aliphatic heterocycles. The molecule has 0 fully saturated rings. The van der Waals surface area contributed by atoms with E-state index in [-0.39, 0.29) is 15.8 Å². The summed E-state index contributed by atoms with van der Waals surface area (Å²) in [5, 5.41) is 16.7. The van der Waals surface area contributed by atoms with Crippen LogP contribution in [0, 0.1) is 0 Å². The Morgan fingerprint density at radius 1 is 1.52 bits per heavy atom. The average Bonchev–Trinajstić information content (AvgIpc) is 2.77. The molecule has 2 aromatic rings. The first kappa shape index (κ1) is 17.4. The minimum absolute atomic E-state index is 0.0623. The zero-order valence-electron chi connectivity index (χ0n) is 11.5. The highest BCUT2D eigenvalue weighted by atomic mass is 35.5. The molecule has 0 aliphatic carbocycles. The molecular weight excluding hydrogens is 359 g/mol. The summed E-state index contributed by atoms with van der Waals surface area (Å²) in [6.45, 7) is 0. The third-order valence-corrected chi connectivity index (χ3v) is 3.96. The predicted molar refractivity (Wildman–Crippen MR) is 72.9 cm³/mol. The number of carbonyl (C=O) groups excluding carboxylic acids is 1. The number of nitrogens with zero attached hydrogens (tertiary/aromatic N) is 2. The van der Waals surface area contributed by atoms with Gasteiger partial charge in [-0.1, -0.05) is 16.3 Å². The minimum atomic E-state index is -4.66. The molecule has 1 aromatic carbocycles. The van der Waals surface area contributed by atoms with Crippen LogP contribution in [0.1, 0.15) is 5.56 Å². The van der Waals surface area contributed by atoms with Crippen LogP contribution in [0.25, 0.3) is 0 Å². The van der Waals surface area contributed by atoms with Crippen LogP contribution < -0.4 is 15.1 Å². The van der Waals surface area contributed by atoms with Crippen LogP contribution in [0.2, 0.25) is 5.02 Å². The maximum Gasteiger partial charge on any atom is 0.418 e. The summed E-state index contributed by atoms with van der Waals surface area (Å²) in [5.74, 6) is -1.74. The van der Waals surface area contributed by atoms with Crippen molar-refractivity contribution in [2.75, 3.05) is 11.1 Å². The zero-order chi connectivity index (χ0) is 17.2. The van der Waals surface area contributed by atoms with Gasteiger partial charge in [0, 0.05) is 5.02 Å². The molecule has 1 N–H and O–H groups in total. The van der Waals surface area contributed by atoms with Crippen molar-refractivity contribution in [3.05, 3.63) is 28.8 Å². The van der Waals surface area contributed by atoms with Gasteiger partial charge in [0.2, 0.25) is 5.91 Å². The molecule has 0 saturated heterocycles. The molecule has 11 heteroatoms. The Labute approximate surface area is 137 Å². The molecule has 124 valence electrons. The quantitative estimate of drug-likeness (QED) is 0.660. The van der Waals surface area contributed by atoms with Gasteiger partial charge in [-0.25, -0.2) is 0 Å². The molecule has 1 aromatic heterocycles. The van der Waals surface area contributed by atoms with Crippen LogP contribution in [-0.2, 0) is 18.0 Å². The van der Waals surface area contributed by atoms with Gasteiger partial charge in [-0.05, 0) is 30.0 Å². The Morgan fingerprint density at radius 3 is 2.78 bits per heavy atom. The first-order valence-corrected chi connectivity index (χ1v) is 7.37. The van der Waals surface area contributed by atoms with Crippen LogP contribution in [0.4, 0.5) is 18.9 Å². The van der Waals surface area contributed by atoms with Crippen LogP contribution in [-0.4, -0.2) is 16.9 Å². The van der Waals surface area contributed by atoms with E-state index in [1.54, 1.807) is 0 Å². The van der Waals surface area contributed by atoms with E-state index in [4.69, 9.17) is 11.6 Å². The number of benzene rings is 1. The summed E-state index contributed by atoms with van der Waals surface area (Å²) in [6.07, 6.45) is -4.66. The van der Waals surface area contributed by atoms with Crippen LogP contribution in [0.15, 0.2) is 27.7 Å². The second-order valence-corrected chi connectivity index (χ2v) is 5.71. The van der Waals surface area contributed by atoms with Gasteiger partial charge in [-0.15, -0.1) is 0 Å². The molecule has 0 radical (unpaired) electrons. The third-order valence-electron chi connectivity index (χ3n) is 2.62. The monoisotopic (exact) mass is 367 g/mol. The van der Waals surface area contributed by atoms with E-state index >= 15 is 0 Å². The van der Waals surface area contributed by atoms with Crippen molar-refractivity contribution in [3.8, 4) is 5.95 Å². The maximum absolute atomic E-state index is 12.9. The fourth-order valence-electron chi connectivity index (χ4n) is 1.64. The standard InChI is InChI=1S/C12H9ClF3N3O3S/c1-19-10(11(21)22-18-19)23-5-9(20)17-8-3-2-6(13)4-7(8)12(14,15)16/h2-4H,5H2,1H3,(H-,17,18,20,21). The molecule has 1 amide bonds. The maximum atomic E-state index is 12.9. The fourth-order valence-corrected chi connectivity index (χ4v) is 2.53. The average molecular weight is 368 g/mol. The lowest BCUT2D eigenvalue weighted by Crippen LogP contribution is -2.32. The SMILES string of the molecule is C[n+]1noc([O-])c1SCC(=O)Nc1ccc(Cl)cc1C(F)(F)F. The summed E-state index contributed by atoms with van der Waals surface area (Å²) in [6, 6.07) is 3.02. The van der Waals surface area contributed by atoms with Gasteiger partial charge in [0.05, 0.1) is 22.3 Å². The summed E-state index contributed by atoms with van der Waals surface area (Å²) in [5.41, 5.74) is -1.46. The number of rotatable bonds is 4. The number of hydrogen-bond acceptors (Lipinski definition) is 5. The second-order valence-electron chi connectivity index (χ2n) is 4.31. The van der Waals surface area contributed by atoms with E-state index in [1.807, 2.05) is 0 Å². The van der Waals surface area contributed by atoms with Gasteiger partial charge in [0.25, 0.3) is 5.03 Å². The van der Waals surface area contributed by atoms with Gasteiger partial charge in [0.15, 0.2) is 13.0 Å². The van der Waals surface area contributed by atoms with Crippen molar-refractivity contribution in [1.82, 2.24) is 5.27 Å². The number of alkyl halides is 3. The molecule has 23 heavy (non-hydrogen) atoms. The first-order chi connectivity index (χ1) is 10.7. The topological polar surface area (TPSA) is 82.1 Å². The molecule has 0 saturated carbocycles. The van der Waals surface area contributed by atoms with Gasteiger partial charge >= 0.3 is 6.18 Å². The largest absolute Gasteiger partial charge is 0.538 e. The lowest BCUT2D eigenvalue weighted by Gasteiger charge is -2.13. The fraction of sp³-hybridized carbons (Fsp3) is 0.250. The van der Waals surface area contributed by atoms with Crippen molar-refractivity contribution in [1.29, 1.82) is 0 Å². The molecule has 2 rings (SSSR count). The highest BCUT2D eigenvalue weighted by Crippen LogP contribution is 2.36. The molecule has 0 bridgehead atoms. The molecule has 6 nitrogen and oxygen atoms in total. The van der Waals surface area contributed by atoms with Gasteiger partial charge in [-0.3, -0.25) is 4.79 Å². The highest BCUT2D eigenvalue weighted by molar-refractivity contribution is 7.99. The van der Waals surface area contributed by atoms with E-state index < -0.39 is 29.3 Å². The van der Waals surface area contributed by atoms with Crippen LogP contribution >= 0.6 is 23.4 Å². The number of aryl methyl sites for hydroxylation is 1. The minimum Gasteiger partial charge on any atom is -0.538 e. The highest BCUT2D eigenvalue weighted by Gasteiger charge is 2.34. The normalized spacial score (nSPS) is 11.5. The lowest BCUT2D eigenvalue weighted by molar-refractivity contribution is -0.772. The van der Waals surface area contributed by atoms with Crippen molar-refractivity contribution in [2.24, 2.45) is 7.05 Å². The Balaban J connectivity index is 2.09. The Kier molecular flexibility index (Phi) is 5.05. The third kappa shape index (κ3) is 4.29. The summed E-state index contributed by atoms with van der Waals surface area (Å²) in [7, 11) is 1.44. The van der Waals surface area contributed by atoms with Crippen molar-refractivity contribution in [3.63, 3.8) is 0 Å². The van der Waals surface area contributed by atoms with E-state index in [1.165, 1.54) is 13.1 Å². The van der Waals surface area contributed by atoms with Gasteiger partial charge in [-0.2, -0.15) is 13.2 Å². The van der Waals surface area contributed by atoms with E-state index in [2.05, 4.69) is 15.1 Å². The number of nitrogens with one attached hydrogen (secondary N) is 1. The molecular formula is C12H9ClF3N3O3S. The molecule has 0 spiro atoms. The number of hydrogen-bond donors (Lipinski definition) is 1. The zero-order valence-corrected chi connectivity index (χ0v) is 13.1. The summed E-state index contributed by atoms with van der Waals surface area (Å²) in [4.78, 5) is 11.8. The Hall–Kier alpha value is -1.94. The number of anilines is 1. The number of amides is 1. The van der Waals surface area contributed by atoms with Crippen LogP contribution in [0.3, 0.4) is 0 Å². The smallest absolute Gasteiger partial charge is 0.418 e.